The fourth-order valence-corrected chi connectivity index (χ4v) is 5.58. The first-order valence-corrected chi connectivity index (χ1v) is 14.3. The van der Waals surface area contributed by atoms with Crippen LogP contribution in [0.3, 0.4) is 0 Å². The number of hydrogen-bond donors (Lipinski definition) is 1. The van der Waals surface area contributed by atoms with Gasteiger partial charge in [0, 0.05) is 5.88 Å². The molecule has 0 amide bonds. The highest BCUT2D eigenvalue weighted by Gasteiger charge is 2.45. The van der Waals surface area contributed by atoms with Crippen molar-refractivity contribution < 1.29 is 24.1 Å². The van der Waals surface area contributed by atoms with Crippen molar-refractivity contribution in [2.24, 2.45) is 0 Å². The third-order valence-electron chi connectivity index (χ3n) is 7.18. The van der Waals surface area contributed by atoms with Crippen molar-refractivity contribution in [3.8, 4) is 22.6 Å². The van der Waals surface area contributed by atoms with E-state index in [2.05, 4.69) is 84.9 Å². The molecule has 4 aromatic rings. The Hall–Kier alpha value is -3.35. The Bertz CT molecular complexity index is 1310. The predicted octanol–water partition coefficient (Wildman–Crippen LogP) is 6.46. The topological polar surface area (TPSA) is 57.2 Å². The quantitative estimate of drug-likeness (QED) is 0.118. The van der Waals surface area contributed by atoms with Crippen molar-refractivity contribution in [2.75, 3.05) is 52.1 Å². The number of aliphatic hydroxyl groups is 1. The van der Waals surface area contributed by atoms with Gasteiger partial charge in [-0.05, 0) is 64.1 Å². The van der Waals surface area contributed by atoms with Crippen LogP contribution in [0.25, 0.3) is 11.1 Å². The van der Waals surface area contributed by atoms with Gasteiger partial charge in [-0.25, -0.2) is 0 Å². The molecule has 0 heterocycles. The number of rotatable bonds is 15. The van der Waals surface area contributed by atoms with E-state index >= 15 is 0 Å². The number of ether oxygens (including phenoxy) is 4. The van der Waals surface area contributed by atoms with E-state index in [1.807, 2.05) is 12.1 Å². The van der Waals surface area contributed by atoms with Crippen LogP contribution in [0.15, 0.2) is 97.1 Å². The zero-order chi connectivity index (χ0) is 27.6. The summed E-state index contributed by atoms with van der Waals surface area (Å²) >= 11 is 5.83. The van der Waals surface area contributed by atoms with Crippen LogP contribution in [0.2, 0.25) is 0 Å². The van der Waals surface area contributed by atoms with Crippen molar-refractivity contribution in [3.05, 3.63) is 119 Å². The summed E-state index contributed by atoms with van der Waals surface area (Å²) in [5, 5.41) is 8.75. The van der Waals surface area contributed by atoms with Gasteiger partial charge in [0.25, 0.3) is 0 Å². The molecule has 6 heteroatoms. The normalized spacial score (nSPS) is 13.1. The average Bonchev–Trinajstić information content (AvgIpc) is 3.31. The molecule has 0 saturated carbocycles. The first-order chi connectivity index (χ1) is 19.8. The second-order valence-electron chi connectivity index (χ2n) is 9.58. The molecular weight excluding hydrogens is 524 g/mol. The Morgan fingerprint density at radius 2 is 1.02 bits per heavy atom. The summed E-state index contributed by atoms with van der Waals surface area (Å²) < 4.78 is 22.6. The van der Waals surface area contributed by atoms with Crippen molar-refractivity contribution >= 4 is 11.6 Å². The minimum absolute atomic E-state index is 0.0202. The summed E-state index contributed by atoms with van der Waals surface area (Å²) in [5.74, 6) is 2.22. The molecule has 0 unspecified atom stereocenters. The number of alkyl halides is 1. The Morgan fingerprint density at radius 3 is 1.55 bits per heavy atom. The minimum Gasteiger partial charge on any atom is -0.494 e. The fourth-order valence-electron chi connectivity index (χ4n) is 5.48. The van der Waals surface area contributed by atoms with Gasteiger partial charge in [0.1, 0.15) is 18.1 Å². The van der Waals surface area contributed by atoms with Gasteiger partial charge in [-0.2, -0.15) is 0 Å². The van der Waals surface area contributed by atoms with Crippen LogP contribution >= 0.6 is 11.6 Å². The van der Waals surface area contributed by atoms with Crippen LogP contribution in [0.4, 0.5) is 0 Å². The molecule has 1 aliphatic rings. The molecule has 1 aliphatic carbocycles. The average molecular weight is 559 g/mol. The molecule has 0 atom stereocenters. The highest BCUT2D eigenvalue weighted by molar-refractivity contribution is 6.17. The second kappa shape index (κ2) is 13.8. The van der Waals surface area contributed by atoms with Crippen LogP contribution in [0.5, 0.6) is 11.5 Å². The molecule has 40 heavy (non-hydrogen) atoms. The highest BCUT2D eigenvalue weighted by Crippen LogP contribution is 2.56. The molecule has 0 radical (unpaired) electrons. The summed E-state index contributed by atoms with van der Waals surface area (Å²) in [5.41, 5.74) is 6.90. The van der Waals surface area contributed by atoms with Crippen molar-refractivity contribution in [1.29, 1.82) is 0 Å². The third kappa shape index (κ3) is 5.89. The van der Waals surface area contributed by atoms with E-state index in [4.69, 9.17) is 35.7 Å². The van der Waals surface area contributed by atoms with Crippen LogP contribution in [-0.4, -0.2) is 57.2 Å². The first-order valence-electron chi connectivity index (χ1n) is 13.8. The van der Waals surface area contributed by atoms with Gasteiger partial charge in [0.2, 0.25) is 0 Å². The Kier molecular flexibility index (Phi) is 9.74. The van der Waals surface area contributed by atoms with Crippen molar-refractivity contribution in [2.45, 2.75) is 11.8 Å². The Morgan fingerprint density at radius 1 is 0.550 bits per heavy atom. The van der Waals surface area contributed by atoms with Gasteiger partial charge in [-0.3, -0.25) is 0 Å². The van der Waals surface area contributed by atoms with Gasteiger partial charge in [-0.15, -0.1) is 11.6 Å². The molecule has 208 valence electrons. The van der Waals surface area contributed by atoms with Gasteiger partial charge in [-0.1, -0.05) is 72.8 Å². The van der Waals surface area contributed by atoms with Gasteiger partial charge < -0.3 is 24.1 Å². The van der Waals surface area contributed by atoms with Gasteiger partial charge >= 0.3 is 0 Å². The number of benzene rings is 4. The smallest absolute Gasteiger partial charge is 0.119 e. The fraction of sp³-hybridized carbons (Fsp3) is 0.294. The lowest BCUT2D eigenvalue weighted by Crippen LogP contribution is -2.28. The number of halogens is 1. The van der Waals surface area contributed by atoms with E-state index in [0.717, 1.165) is 17.9 Å². The van der Waals surface area contributed by atoms with E-state index in [1.54, 1.807) is 0 Å². The molecule has 0 aromatic heterocycles. The largest absolute Gasteiger partial charge is 0.494 e. The van der Waals surface area contributed by atoms with E-state index in [0.29, 0.717) is 45.5 Å². The molecular formula is C34H35ClO5. The molecule has 0 fully saturated rings. The van der Waals surface area contributed by atoms with Gasteiger partial charge in [0.05, 0.1) is 45.1 Å². The lowest BCUT2D eigenvalue weighted by molar-refractivity contribution is 0.0247. The zero-order valence-corrected chi connectivity index (χ0v) is 23.3. The zero-order valence-electron chi connectivity index (χ0n) is 22.6. The van der Waals surface area contributed by atoms with E-state index in [9.17, 15) is 0 Å². The summed E-state index contributed by atoms with van der Waals surface area (Å²) in [6, 6.07) is 34.3. The molecule has 0 spiro atoms. The van der Waals surface area contributed by atoms with E-state index in [1.165, 1.54) is 33.4 Å². The molecule has 1 N–H and O–H groups in total. The van der Waals surface area contributed by atoms with Crippen molar-refractivity contribution in [3.63, 3.8) is 0 Å². The summed E-state index contributed by atoms with van der Waals surface area (Å²) in [6.07, 6.45) is 0.813. The van der Waals surface area contributed by atoms with Gasteiger partial charge in [0.15, 0.2) is 0 Å². The lowest BCUT2D eigenvalue weighted by atomic mass is 9.68. The number of fused-ring (bicyclic) bond motifs is 3. The molecule has 5 rings (SSSR count). The minimum atomic E-state index is -0.474. The maximum Gasteiger partial charge on any atom is 0.119 e. The number of aliphatic hydroxyl groups excluding tert-OH is 1. The second-order valence-corrected chi connectivity index (χ2v) is 9.96. The number of hydrogen-bond acceptors (Lipinski definition) is 5. The molecule has 5 nitrogen and oxygen atoms in total. The Labute approximate surface area is 241 Å². The molecule has 0 aliphatic heterocycles. The predicted molar refractivity (Wildman–Crippen MR) is 159 cm³/mol. The molecule has 0 saturated heterocycles. The first kappa shape index (κ1) is 28.2. The van der Waals surface area contributed by atoms with Crippen LogP contribution < -0.4 is 9.47 Å². The summed E-state index contributed by atoms with van der Waals surface area (Å²) in [4.78, 5) is 0. The highest BCUT2D eigenvalue weighted by atomic mass is 35.5. The van der Waals surface area contributed by atoms with Crippen LogP contribution in [0, 0.1) is 0 Å². The Balaban J connectivity index is 1.43. The molecule has 0 bridgehead atoms. The lowest BCUT2D eigenvalue weighted by Gasteiger charge is -2.34. The maximum absolute atomic E-state index is 8.75. The van der Waals surface area contributed by atoms with Crippen LogP contribution in [-0.2, 0) is 14.9 Å². The van der Waals surface area contributed by atoms with E-state index in [-0.39, 0.29) is 6.61 Å². The SMILES string of the molecule is OCCOCCOCCOc1ccc(C2(c3ccc(OCCCCl)cc3)c3ccccc3-c3ccccc32)cc1. The van der Waals surface area contributed by atoms with Crippen LogP contribution in [0.1, 0.15) is 28.7 Å². The standard InChI is InChI=1S/C34H35ClO5/c35-18-5-20-39-28-14-10-26(11-15-28)34(32-8-3-1-6-30(32)31-7-2-4-9-33(31)34)27-12-16-29(17-13-27)40-25-24-38-23-22-37-21-19-36/h1-4,6-17,36H,5,18-25H2. The van der Waals surface area contributed by atoms with E-state index < -0.39 is 5.41 Å². The summed E-state index contributed by atoms with van der Waals surface area (Å²) in [7, 11) is 0. The monoisotopic (exact) mass is 558 g/mol. The third-order valence-corrected chi connectivity index (χ3v) is 7.44. The van der Waals surface area contributed by atoms with Crippen molar-refractivity contribution in [1.82, 2.24) is 0 Å². The molecule has 4 aromatic carbocycles. The summed E-state index contributed by atoms with van der Waals surface area (Å²) in [6.45, 7) is 2.79. The maximum atomic E-state index is 8.75.